The Morgan fingerprint density at radius 2 is 2.15 bits per heavy atom. The van der Waals surface area contributed by atoms with Crippen LogP contribution < -0.4 is 10.0 Å². The molecule has 0 amide bonds. The van der Waals surface area contributed by atoms with E-state index in [9.17, 15) is 8.42 Å². The Kier molecular flexibility index (Phi) is 6.45. The Labute approximate surface area is 127 Å². The maximum Gasteiger partial charge on any atom is 0.216 e. The fourth-order valence-corrected chi connectivity index (χ4v) is 3.92. The first-order valence-corrected chi connectivity index (χ1v) is 8.38. The van der Waals surface area contributed by atoms with E-state index >= 15 is 0 Å². The highest BCUT2D eigenvalue weighted by molar-refractivity contribution is 7.88. The molecule has 0 bridgehead atoms. The van der Waals surface area contributed by atoms with Gasteiger partial charge in [0.15, 0.2) is 0 Å². The van der Waals surface area contributed by atoms with Crippen LogP contribution >= 0.6 is 12.4 Å². The van der Waals surface area contributed by atoms with Crippen molar-refractivity contribution in [1.82, 2.24) is 10.0 Å². The lowest BCUT2D eigenvalue weighted by Gasteiger charge is -2.30. The maximum absolute atomic E-state index is 12.2. The number of nitrogens with one attached hydrogen (secondary N) is 2. The molecule has 2 N–H and O–H groups in total. The van der Waals surface area contributed by atoms with Crippen molar-refractivity contribution in [3.05, 3.63) is 35.4 Å². The first-order chi connectivity index (χ1) is 8.96. The molecule has 0 radical (unpaired) electrons. The number of sulfonamides is 1. The smallest absolute Gasteiger partial charge is 0.216 e. The lowest BCUT2D eigenvalue weighted by molar-refractivity contribution is 0.327. The summed E-state index contributed by atoms with van der Waals surface area (Å²) in [7, 11) is -3.27. The van der Waals surface area contributed by atoms with Gasteiger partial charge in [0.25, 0.3) is 0 Å². The minimum absolute atomic E-state index is 0. The van der Waals surface area contributed by atoms with E-state index in [0.29, 0.717) is 12.5 Å². The van der Waals surface area contributed by atoms with Crippen molar-refractivity contribution in [2.75, 3.05) is 13.1 Å². The summed E-state index contributed by atoms with van der Waals surface area (Å²) in [6.07, 6.45) is 1.01. The highest BCUT2D eigenvalue weighted by Gasteiger charge is 2.25. The topological polar surface area (TPSA) is 58.2 Å². The molecule has 0 aromatic heterocycles. The summed E-state index contributed by atoms with van der Waals surface area (Å²) in [4.78, 5) is 0. The number of benzene rings is 1. The van der Waals surface area contributed by atoms with Crippen LogP contribution in [0.3, 0.4) is 0 Å². The van der Waals surface area contributed by atoms with E-state index in [2.05, 4.69) is 17.0 Å². The molecule has 114 valence electrons. The molecule has 1 aromatic carbocycles. The van der Waals surface area contributed by atoms with Crippen molar-refractivity contribution in [3.8, 4) is 0 Å². The predicted molar refractivity (Wildman–Crippen MR) is 84.6 cm³/mol. The van der Waals surface area contributed by atoms with Crippen LogP contribution in [0.4, 0.5) is 0 Å². The average molecular weight is 319 g/mol. The standard InChI is InChI=1S/C14H22N2O2S.ClH/c1-11-4-3-5-13(8-11)10-19(17,18)16-14-9-15-7-6-12(14)2;/h3-5,8,12,14-16H,6-7,9-10H2,1-2H3;1H. The molecule has 1 saturated heterocycles. The number of halogens is 1. The molecule has 1 aliphatic rings. The molecule has 0 spiro atoms. The molecular weight excluding hydrogens is 296 g/mol. The molecule has 1 aromatic rings. The van der Waals surface area contributed by atoms with E-state index in [0.717, 1.165) is 24.1 Å². The number of hydrogen-bond donors (Lipinski definition) is 2. The van der Waals surface area contributed by atoms with Crippen LogP contribution in [0.15, 0.2) is 24.3 Å². The molecular formula is C14H23ClN2O2S. The summed E-state index contributed by atoms with van der Waals surface area (Å²) in [5, 5.41) is 3.23. The zero-order chi connectivity index (χ0) is 13.9. The molecule has 2 rings (SSSR count). The van der Waals surface area contributed by atoms with Crippen LogP contribution in [0, 0.1) is 12.8 Å². The van der Waals surface area contributed by atoms with Crippen molar-refractivity contribution in [3.63, 3.8) is 0 Å². The summed E-state index contributed by atoms with van der Waals surface area (Å²) in [5.74, 6) is 0.436. The fraction of sp³-hybridized carbons (Fsp3) is 0.571. The lowest BCUT2D eigenvalue weighted by Crippen LogP contribution is -2.50. The van der Waals surface area contributed by atoms with Crippen molar-refractivity contribution >= 4 is 22.4 Å². The maximum atomic E-state index is 12.2. The zero-order valence-electron chi connectivity index (χ0n) is 11.9. The van der Waals surface area contributed by atoms with Crippen LogP contribution in [0.5, 0.6) is 0 Å². The van der Waals surface area contributed by atoms with Gasteiger partial charge in [-0.05, 0) is 31.4 Å². The SMILES string of the molecule is Cc1cccc(CS(=O)(=O)NC2CNCCC2C)c1.Cl. The van der Waals surface area contributed by atoms with Gasteiger partial charge in [-0.3, -0.25) is 0 Å². The molecule has 1 aliphatic heterocycles. The normalized spacial score (nSPS) is 23.1. The van der Waals surface area contributed by atoms with Gasteiger partial charge in [0.2, 0.25) is 10.0 Å². The van der Waals surface area contributed by atoms with Crippen LogP contribution in [0.1, 0.15) is 24.5 Å². The number of aryl methyl sites for hydroxylation is 1. The molecule has 0 aliphatic carbocycles. The summed E-state index contributed by atoms with van der Waals surface area (Å²) < 4.78 is 27.2. The van der Waals surface area contributed by atoms with E-state index in [1.54, 1.807) is 0 Å². The molecule has 20 heavy (non-hydrogen) atoms. The van der Waals surface area contributed by atoms with Crippen LogP contribution in [0.25, 0.3) is 0 Å². The molecule has 1 fully saturated rings. The van der Waals surface area contributed by atoms with E-state index in [4.69, 9.17) is 0 Å². The van der Waals surface area contributed by atoms with Gasteiger partial charge in [-0.1, -0.05) is 36.8 Å². The van der Waals surface area contributed by atoms with Crippen molar-refractivity contribution in [2.24, 2.45) is 5.92 Å². The van der Waals surface area contributed by atoms with E-state index < -0.39 is 10.0 Å². The number of hydrogen-bond acceptors (Lipinski definition) is 3. The third-order valence-electron chi connectivity index (χ3n) is 3.60. The minimum atomic E-state index is -3.27. The Bertz CT molecular complexity index is 534. The van der Waals surface area contributed by atoms with Crippen LogP contribution in [-0.4, -0.2) is 27.5 Å². The van der Waals surface area contributed by atoms with Gasteiger partial charge in [-0.2, -0.15) is 0 Å². The fourth-order valence-electron chi connectivity index (χ4n) is 2.44. The van der Waals surface area contributed by atoms with Crippen molar-refractivity contribution in [1.29, 1.82) is 0 Å². The predicted octanol–water partition coefficient (Wildman–Crippen LogP) is 1.83. The molecule has 2 atom stereocenters. The van der Waals surface area contributed by atoms with E-state index in [-0.39, 0.29) is 24.2 Å². The minimum Gasteiger partial charge on any atom is -0.315 e. The van der Waals surface area contributed by atoms with E-state index in [1.807, 2.05) is 31.2 Å². The highest BCUT2D eigenvalue weighted by atomic mass is 35.5. The second kappa shape index (κ2) is 7.41. The first kappa shape index (κ1) is 17.4. The van der Waals surface area contributed by atoms with E-state index in [1.165, 1.54) is 0 Å². The Hall–Kier alpha value is -0.620. The Morgan fingerprint density at radius 1 is 1.40 bits per heavy atom. The third kappa shape index (κ3) is 5.05. The zero-order valence-corrected chi connectivity index (χ0v) is 13.6. The average Bonchev–Trinajstić information content (AvgIpc) is 2.31. The summed E-state index contributed by atoms with van der Waals surface area (Å²) in [6, 6.07) is 7.64. The molecule has 1 heterocycles. The molecule has 4 nitrogen and oxygen atoms in total. The van der Waals surface area contributed by atoms with Gasteiger partial charge < -0.3 is 5.32 Å². The van der Waals surface area contributed by atoms with Gasteiger partial charge >= 0.3 is 0 Å². The Balaban J connectivity index is 0.00000200. The summed E-state index contributed by atoms with van der Waals surface area (Å²) in [6.45, 7) is 5.75. The molecule has 6 heteroatoms. The lowest BCUT2D eigenvalue weighted by atomic mass is 9.96. The van der Waals surface area contributed by atoms with Crippen molar-refractivity contribution in [2.45, 2.75) is 32.1 Å². The van der Waals surface area contributed by atoms with Crippen LogP contribution in [0.2, 0.25) is 0 Å². The monoisotopic (exact) mass is 318 g/mol. The van der Waals surface area contributed by atoms with Crippen LogP contribution in [-0.2, 0) is 15.8 Å². The van der Waals surface area contributed by atoms with Gasteiger partial charge in [0, 0.05) is 12.6 Å². The van der Waals surface area contributed by atoms with Gasteiger partial charge in [-0.15, -0.1) is 12.4 Å². The number of rotatable bonds is 4. The summed E-state index contributed by atoms with van der Waals surface area (Å²) in [5.41, 5.74) is 1.92. The third-order valence-corrected chi connectivity index (χ3v) is 4.97. The molecule has 2 unspecified atom stereocenters. The Morgan fingerprint density at radius 3 is 2.80 bits per heavy atom. The van der Waals surface area contributed by atoms with Crippen molar-refractivity contribution < 1.29 is 8.42 Å². The second-order valence-corrected chi connectivity index (χ2v) is 7.20. The summed E-state index contributed by atoms with van der Waals surface area (Å²) >= 11 is 0. The number of piperidine rings is 1. The highest BCUT2D eigenvalue weighted by Crippen LogP contribution is 2.14. The second-order valence-electron chi connectivity index (χ2n) is 5.44. The largest absolute Gasteiger partial charge is 0.315 e. The molecule has 0 saturated carbocycles. The van der Waals surface area contributed by atoms with Gasteiger partial charge in [-0.25, -0.2) is 13.1 Å². The quantitative estimate of drug-likeness (QED) is 0.890. The van der Waals surface area contributed by atoms with Gasteiger partial charge in [0.05, 0.1) is 5.75 Å². The first-order valence-electron chi connectivity index (χ1n) is 6.72. The van der Waals surface area contributed by atoms with Gasteiger partial charge in [0.1, 0.15) is 0 Å².